The van der Waals surface area contributed by atoms with E-state index in [0.717, 1.165) is 37.2 Å². The maximum absolute atomic E-state index is 11.9. The minimum atomic E-state index is -0.355. The van der Waals surface area contributed by atoms with E-state index in [1.165, 1.54) is 23.0 Å². The van der Waals surface area contributed by atoms with Gasteiger partial charge in [0, 0.05) is 31.9 Å². The van der Waals surface area contributed by atoms with Crippen LogP contribution in [-0.2, 0) is 6.54 Å². The highest BCUT2D eigenvalue weighted by atomic mass is 16.1. The molecule has 126 valence electrons. The second-order valence-corrected chi connectivity index (χ2v) is 7.12. The second kappa shape index (κ2) is 6.03. The molecule has 4 rings (SSSR count). The van der Waals surface area contributed by atoms with Crippen LogP contribution in [-0.4, -0.2) is 33.6 Å². The number of fused-ring (bicyclic) bond motifs is 1. The summed E-state index contributed by atoms with van der Waals surface area (Å²) in [4.78, 5) is 18.2. The SMILES string of the molecule is Nc1ccn(-c2ccc(CN3CC4CC(N)CC4C3)cc2)c(=O)n1. The first kappa shape index (κ1) is 15.4. The van der Waals surface area contributed by atoms with Crippen molar-refractivity contribution in [1.29, 1.82) is 0 Å². The van der Waals surface area contributed by atoms with Crippen LogP contribution in [0.25, 0.3) is 5.69 Å². The highest BCUT2D eigenvalue weighted by molar-refractivity contribution is 5.36. The molecular formula is C18H23N5O. The summed E-state index contributed by atoms with van der Waals surface area (Å²) in [7, 11) is 0. The number of likely N-dealkylation sites (tertiary alicyclic amines) is 1. The third kappa shape index (κ3) is 2.95. The van der Waals surface area contributed by atoms with E-state index < -0.39 is 0 Å². The molecule has 2 fully saturated rings. The first-order valence-corrected chi connectivity index (χ1v) is 8.51. The summed E-state index contributed by atoms with van der Waals surface area (Å²) in [5.74, 6) is 1.80. The lowest BCUT2D eigenvalue weighted by atomic mass is 10.0. The molecule has 6 heteroatoms. The maximum atomic E-state index is 11.9. The van der Waals surface area contributed by atoms with E-state index in [4.69, 9.17) is 11.5 Å². The zero-order chi connectivity index (χ0) is 16.7. The molecule has 1 saturated heterocycles. The summed E-state index contributed by atoms with van der Waals surface area (Å²) in [6, 6.07) is 10.1. The molecule has 6 nitrogen and oxygen atoms in total. The Bertz CT molecular complexity index is 771. The van der Waals surface area contributed by atoms with Crippen molar-refractivity contribution >= 4 is 5.82 Å². The highest BCUT2D eigenvalue weighted by Crippen LogP contribution is 2.37. The Kier molecular flexibility index (Phi) is 3.86. The van der Waals surface area contributed by atoms with Gasteiger partial charge in [-0.15, -0.1) is 0 Å². The normalized spacial score (nSPS) is 26.6. The molecular weight excluding hydrogens is 302 g/mol. The summed E-state index contributed by atoms with van der Waals surface area (Å²) >= 11 is 0. The van der Waals surface area contributed by atoms with Gasteiger partial charge in [0.2, 0.25) is 0 Å². The van der Waals surface area contributed by atoms with Crippen molar-refractivity contribution in [1.82, 2.24) is 14.5 Å². The summed E-state index contributed by atoms with van der Waals surface area (Å²) in [5, 5.41) is 0. The summed E-state index contributed by atoms with van der Waals surface area (Å²) in [6.07, 6.45) is 4.00. The topological polar surface area (TPSA) is 90.2 Å². The zero-order valence-corrected chi connectivity index (χ0v) is 13.6. The van der Waals surface area contributed by atoms with Crippen molar-refractivity contribution in [2.24, 2.45) is 17.6 Å². The van der Waals surface area contributed by atoms with Gasteiger partial charge in [0.25, 0.3) is 0 Å². The molecule has 1 aliphatic heterocycles. The fourth-order valence-electron chi connectivity index (χ4n) is 4.21. The molecule has 0 radical (unpaired) electrons. The smallest absolute Gasteiger partial charge is 0.354 e. The summed E-state index contributed by atoms with van der Waals surface area (Å²) in [6.45, 7) is 3.26. The van der Waals surface area contributed by atoms with E-state index in [1.54, 1.807) is 12.3 Å². The van der Waals surface area contributed by atoms with Crippen LogP contribution in [0, 0.1) is 11.8 Å². The quantitative estimate of drug-likeness (QED) is 0.878. The molecule has 2 atom stereocenters. The van der Waals surface area contributed by atoms with Crippen LogP contribution in [0.5, 0.6) is 0 Å². The molecule has 1 saturated carbocycles. The van der Waals surface area contributed by atoms with E-state index in [9.17, 15) is 4.79 Å². The van der Waals surface area contributed by atoms with Gasteiger partial charge < -0.3 is 11.5 Å². The number of nitrogens with two attached hydrogens (primary N) is 2. The molecule has 2 aromatic rings. The van der Waals surface area contributed by atoms with Gasteiger partial charge in [0.1, 0.15) is 5.82 Å². The molecule has 0 bridgehead atoms. The Labute approximate surface area is 141 Å². The van der Waals surface area contributed by atoms with Crippen molar-refractivity contribution in [2.75, 3.05) is 18.8 Å². The molecule has 0 amide bonds. The van der Waals surface area contributed by atoms with Gasteiger partial charge in [-0.05, 0) is 48.4 Å². The number of rotatable bonds is 3. The third-order valence-electron chi connectivity index (χ3n) is 5.31. The average Bonchev–Trinajstić information content (AvgIpc) is 3.05. The predicted octanol–water partition coefficient (Wildman–Crippen LogP) is 0.984. The number of nitrogens with zero attached hydrogens (tertiary/aromatic N) is 3. The number of anilines is 1. The van der Waals surface area contributed by atoms with Crippen molar-refractivity contribution in [2.45, 2.75) is 25.4 Å². The lowest BCUT2D eigenvalue weighted by Gasteiger charge is -2.18. The number of aromatic nitrogens is 2. The molecule has 1 aliphatic carbocycles. The largest absolute Gasteiger partial charge is 0.383 e. The Balaban J connectivity index is 1.44. The van der Waals surface area contributed by atoms with Gasteiger partial charge in [0.15, 0.2) is 0 Å². The fraction of sp³-hybridized carbons (Fsp3) is 0.444. The molecule has 2 heterocycles. The van der Waals surface area contributed by atoms with Gasteiger partial charge in [-0.2, -0.15) is 4.98 Å². The van der Waals surface area contributed by atoms with E-state index in [1.807, 2.05) is 12.1 Å². The van der Waals surface area contributed by atoms with Crippen LogP contribution in [0.2, 0.25) is 0 Å². The van der Waals surface area contributed by atoms with Crippen molar-refractivity contribution in [3.63, 3.8) is 0 Å². The molecule has 1 aromatic carbocycles. The van der Waals surface area contributed by atoms with Crippen LogP contribution in [0.15, 0.2) is 41.3 Å². The van der Waals surface area contributed by atoms with Crippen LogP contribution in [0.4, 0.5) is 5.82 Å². The Morgan fingerprint density at radius 1 is 1.08 bits per heavy atom. The van der Waals surface area contributed by atoms with Gasteiger partial charge in [-0.3, -0.25) is 9.47 Å². The number of hydrogen-bond acceptors (Lipinski definition) is 5. The van der Waals surface area contributed by atoms with Crippen molar-refractivity contribution in [3.8, 4) is 5.69 Å². The average molecular weight is 325 g/mol. The summed E-state index contributed by atoms with van der Waals surface area (Å²) < 4.78 is 1.50. The zero-order valence-electron chi connectivity index (χ0n) is 13.6. The minimum absolute atomic E-state index is 0.243. The van der Waals surface area contributed by atoms with Crippen molar-refractivity contribution in [3.05, 3.63) is 52.6 Å². The van der Waals surface area contributed by atoms with E-state index >= 15 is 0 Å². The Hall–Kier alpha value is -2.18. The van der Waals surface area contributed by atoms with Crippen LogP contribution < -0.4 is 17.2 Å². The van der Waals surface area contributed by atoms with Crippen LogP contribution >= 0.6 is 0 Å². The minimum Gasteiger partial charge on any atom is -0.383 e. The van der Waals surface area contributed by atoms with Gasteiger partial charge in [0.05, 0.1) is 5.69 Å². The van der Waals surface area contributed by atoms with Crippen molar-refractivity contribution < 1.29 is 0 Å². The molecule has 2 aliphatic rings. The monoisotopic (exact) mass is 325 g/mol. The van der Waals surface area contributed by atoms with Crippen LogP contribution in [0.1, 0.15) is 18.4 Å². The predicted molar refractivity (Wildman–Crippen MR) is 93.7 cm³/mol. The lowest BCUT2D eigenvalue weighted by molar-refractivity contribution is 0.299. The van der Waals surface area contributed by atoms with E-state index in [-0.39, 0.29) is 11.5 Å². The van der Waals surface area contributed by atoms with E-state index in [0.29, 0.717) is 6.04 Å². The first-order chi connectivity index (χ1) is 11.6. The summed E-state index contributed by atoms with van der Waals surface area (Å²) in [5.41, 5.74) is 13.3. The van der Waals surface area contributed by atoms with Crippen LogP contribution in [0.3, 0.4) is 0 Å². The second-order valence-electron chi connectivity index (χ2n) is 7.12. The number of nitrogen functional groups attached to an aromatic ring is 1. The molecule has 0 spiro atoms. The van der Waals surface area contributed by atoms with E-state index in [2.05, 4.69) is 22.0 Å². The molecule has 24 heavy (non-hydrogen) atoms. The Morgan fingerprint density at radius 2 is 1.75 bits per heavy atom. The third-order valence-corrected chi connectivity index (χ3v) is 5.31. The molecule has 4 N–H and O–H groups in total. The number of benzene rings is 1. The maximum Gasteiger partial charge on any atom is 0.354 e. The molecule has 2 unspecified atom stereocenters. The Morgan fingerprint density at radius 3 is 2.38 bits per heavy atom. The first-order valence-electron chi connectivity index (χ1n) is 8.51. The van der Waals surface area contributed by atoms with Gasteiger partial charge in [-0.25, -0.2) is 4.79 Å². The van der Waals surface area contributed by atoms with Gasteiger partial charge in [-0.1, -0.05) is 12.1 Å². The van der Waals surface area contributed by atoms with Gasteiger partial charge >= 0.3 is 5.69 Å². The fourth-order valence-corrected chi connectivity index (χ4v) is 4.21. The standard InChI is InChI=1S/C18H23N5O/c19-15-7-13-10-22(11-14(13)8-15)9-12-1-3-16(4-2-12)23-6-5-17(20)21-18(23)24/h1-6,13-15H,7-11,19H2,(H2,20,21,24). The lowest BCUT2D eigenvalue weighted by Crippen LogP contribution is -2.25. The number of hydrogen-bond donors (Lipinski definition) is 2. The highest BCUT2D eigenvalue weighted by Gasteiger charge is 2.39. The molecule has 1 aromatic heterocycles.